The Morgan fingerprint density at radius 1 is 1.29 bits per heavy atom. The molecule has 1 saturated heterocycles. The van der Waals surface area contributed by atoms with Crippen LogP contribution in [0.15, 0.2) is 28.7 Å². The molecule has 0 bridgehead atoms. The molecule has 1 fully saturated rings. The van der Waals surface area contributed by atoms with Gasteiger partial charge >= 0.3 is 0 Å². The molecule has 0 spiro atoms. The van der Waals surface area contributed by atoms with E-state index in [0.717, 1.165) is 30.5 Å². The predicted molar refractivity (Wildman–Crippen MR) is 71.7 cm³/mol. The monoisotopic (exact) mass is 296 g/mol. The van der Waals surface area contributed by atoms with Crippen molar-refractivity contribution in [2.75, 3.05) is 26.7 Å². The molecule has 0 atom stereocenters. The average molecular weight is 297 g/mol. The van der Waals surface area contributed by atoms with Crippen molar-refractivity contribution in [1.29, 1.82) is 0 Å². The summed E-state index contributed by atoms with van der Waals surface area (Å²) in [6.45, 7) is 3.21. The van der Waals surface area contributed by atoms with Gasteiger partial charge in [-0.1, -0.05) is 34.1 Å². The molecule has 1 aliphatic rings. The fraction of sp³-hybridized carbons (Fsp3) is 0.462. The Morgan fingerprint density at radius 3 is 2.82 bits per heavy atom. The van der Waals surface area contributed by atoms with Gasteiger partial charge in [-0.3, -0.25) is 9.69 Å². The van der Waals surface area contributed by atoms with Gasteiger partial charge in [0.15, 0.2) is 0 Å². The lowest BCUT2D eigenvalue weighted by atomic mass is 10.2. The van der Waals surface area contributed by atoms with Gasteiger partial charge in [0.1, 0.15) is 0 Å². The first-order valence-electron chi connectivity index (χ1n) is 5.86. The molecule has 1 heterocycles. The molecule has 3 nitrogen and oxygen atoms in total. The van der Waals surface area contributed by atoms with E-state index in [4.69, 9.17) is 0 Å². The summed E-state index contributed by atoms with van der Waals surface area (Å²) in [4.78, 5) is 15.8. The van der Waals surface area contributed by atoms with E-state index < -0.39 is 0 Å². The Balaban J connectivity index is 2.04. The average Bonchev–Trinajstić information content (AvgIpc) is 2.45. The highest BCUT2D eigenvalue weighted by Crippen LogP contribution is 2.18. The highest BCUT2D eigenvalue weighted by Gasteiger charge is 2.19. The maximum Gasteiger partial charge on any atom is 0.236 e. The van der Waals surface area contributed by atoms with Crippen LogP contribution in [-0.2, 0) is 11.3 Å². The molecule has 0 radical (unpaired) electrons. The van der Waals surface area contributed by atoms with Crippen molar-refractivity contribution in [2.24, 2.45) is 0 Å². The lowest BCUT2D eigenvalue weighted by molar-refractivity contribution is -0.129. The highest BCUT2D eigenvalue weighted by molar-refractivity contribution is 9.10. The van der Waals surface area contributed by atoms with Crippen molar-refractivity contribution >= 4 is 21.8 Å². The molecule has 0 N–H and O–H groups in total. The number of hydrogen-bond acceptors (Lipinski definition) is 2. The molecule has 0 aliphatic carbocycles. The highest BCUT2D eigenvalue weighted by atomic mass is 79.9. The van der Waals surface area contributed by atoms with E-state index >= 15 is 0 Å². The quantitative estimate of drug-likeness (QED) is 0.835. The van der Waals surface area contributed by atoms with Gasteiger partial charge in [-0.25, -0.2) is 0 Å². The Hall–Kier alpha value is -0.870. The SMILES string of the molecule is CN1CCCN(Cc2ccccc2Br)CC1=O. The van der Waals surface area contributed by atoms with Crippen molar-refractivity contribution in [1.82, 2.24) is 9.80 Å². The number of amides is 1. The van der Waals surface area contributed by atoms with E-state index in [1.165, 1.54) is 5.56 Å². The van der Waals surface area contributed by atoms with Gasteiger partial charge in [-0.05, 0) is 18.1 Å². The number of halogens is 1. The minimum absolute atomic E-state index is 0.217. The number of nitrogens with zero attached hydrogens (tertiary/aromatic N) is 2. The number of likely N-dealkylation sites (N-methyl/N-ethyl adjacent to an activating group) is 1. The number of hydrogen-bond donors (Lipinski definition) is 0. The second kappa shape index (κ2) is 5.65. The lowest BCUT2D eigenvalue weighted by Crippen LogP contribution is -2.34. The van der Waals surface area contributed by atoms with Crippen LogP contribution < -0.4 is 0 Å². The molecule has 1 amide bonds. The van der Waals surface area contributed by atoms with Gasteiger partial charge < -0.3 is 4.90 Å². The van der Waals surface area contributed by atoms with Crippen LogP contribution in [0.1, 0.15) is 12.0 Å². The first-order chi connectivity index (χ1) is 8.16. The van der Waals surface area contributed by atoms with Gasteiger partial charge in [-0.15, -0.1) is 0 Å². The first-order valence-corrected chi connectivity index (χ1v) is 6.66. The van der Waals surface area contributed by atoms with Crippen LogP contribution in [0.5, 0.6) is 0 Å². The third-order valence-corrected chi connectivity index (χ3v) is 3.88. The van der Waals surface area contributed by atoms with Crippen molar-refractivity contribution in [3.63, 3.8) is 0 Å². The van der Waals surface area contributed by atoms with Crippen molar-refractivity contribution in [2.45, 2.75) is 13.0 Å². The van der Waals surface area contributed by atoms with Crippen LogP contribution in [-0.4, -0.2) is 42.4 Å². The standard InChI is InChI=1S/C13H17BrN2O/c1-15-7-4-8-16(10-13(15)17)9-11-5-2-3-6-12(11)14/h2-3,5-6H,4,7-10H2,1H3. The van der Waals surface area contributed by atoms with Crippen LogP contribution in [0.2, 0.25) is 0 Å². The van der Waals surface area contributed by atoms with Crippen molar-refractivity contribution in [3.8, 4) is 0 Å². The topological polar surface area (TPSA) is 23.6 Å². The van der Waals surface area contributed by atoms with Gasteiger partial charge in [0.2, 0.25) is 5.91 Å². The van der Waals surface area contributed by atoms with E-state index in [0.29, 0.717) is 6.54 Å². The van der Waals surface area contributed by atoms with E-state index in [9.17, 15) is 4.79 Å². The first kappa shape index (κ1) is 12.6. The molecule has 17 heavy (non-hydrogen) atoms. The zero-order valence-electron chi connectivity index (χ0n) is 10.0. The summed E-state index contributed by atoms with van der Waals surface area (Å²) >= 11 is 3.55. The molecule has 0 aromatic heterocycles. The minimum Gasteiger partial charge on any atom is -0.345 e. The summed E-state index contributed by atoms with van der Waals surface area (Å²) in [6.07, 6.45) is 1.05. The zero-order valence-corrected chi connectivity index (χ0v) is 11.6. The molecule has 1 aliphatic heterocycles. The smallest absolute Gasteiger partial charge is 0.236 e. The summed E-state index contributed by atoms with van der Waals surface area (Å²) < 4.78 is 1.12. The van der Waals surface area contributed by atoms with Crippen LogP contribution in [0.3, 0.4) is 0 Å². The van der Waals surface area contributed by atoms with Crippen molar-refractivity contribution in [3.05, 3.63) is 34.3 Å². The van der Waals surface area contributed by atoms with Crippen molar-refractivity contribution < 1.29 is 4.79 Å². The Labute approximate surface area is 111 Å². The Bertz CT molecular complexity index is 408. The van der Waals surface area contributed by atoms with Crippen LogP contribution >= 0.6 is 15.9 Å². The van der Waals surface area contributed by atoms with E-state index in [-0.39, 0.29) is 5.91 Å². The third kappa shape index (κ3) is 3.30. The summed E-state index contributed by atoms with van der Waals surface area (Å²) in [6, 6.07) is 8.19. The van der Waals surface area contributed by atoms with Crippen LogP contribution in [0, 0.1) is 0 Å². The fourth-order valence-electron chi connectivity index (χ4n) is 2.05. The predicted octanol–water partition coefficient (Wildman–Crippen LogP) is 2.11. The molecule has 4 heteroatoms. The minimum atomic E-state index is 0.217. The fourth-order valence-corrected chi connectivity index (χ4v) is 2.46. The van der Waals surface area contributed by atoms with E-state index in [1.807, 2.05) is 30.1 Å². The maximum atomic E-state index is 11.8. The number of carbonyl (C=O) groups excluding carboxylic acids is 1. The zero-order chi connectivity index (χ0) is 12.3. The van der Waals surface area contributed by atoms with E-state index in [2.05, 4.69) is 26.9 Å². The summed E-state index contributed by atoms with van der Waals surface area (Å²) in [5, 5.41) is 0. The number of rotatable bonds is 2. The van der Waals surface area contributed by atoms with Gasteiger partial charge in [0, 0.05) is 31.2 Å². The summed E-state index contributed by atoms with van der Waals surface area (Å²) in [5.41, 5.74) is 1.24. The van der Waals surface area contributed by atoms with Crippen LogP contribution in [0.25, 0.3) is 0 Å². The van der Waals surface area contributed by atoms with Crippen LogP contribution in [0.4, 0.5) is 0 Å². The second-order valence-electron chi connectivity index (χ2n) is 4.47. The second-order valence-corrected chi connectivity index (χ2v) is 5.33. The third-order valence-electron chi connectivity index (χ3n) is 3.10. The lowest BCUT2D eigenvalue weighted by Gasteiger charge is -2.19. The largest absolute Gasteiger partial charge is 0.345 e. The normalized spacial score (nSPS) is 18.2. The Kier molecular flexibility index (Phi) is 4.18. The van der Waals surface area contributed by atoms with E-state index in [1.54, 1.807) is 0 Å². The van der Waals surface area contributed by atoms with Gasteiger partial charge in [0.25, 0.3) is 0 Å². The Morgan fingerprint density at radius 2 is 2.06 bits per heavy atom. The number of carbonyl (C=O) groups is 1. The number of benzene rings is 1. The molecular formula is C13H17BrN2O. The molecule has 92 valence electrons. The van der Waals surface area contributed by atoms with Gasteiger partial charge in [-0.2, -0.15) is 0 Å². The molecule has 0 saturated carbocycles. The molecule has 1 aromatic rings. The molecule has 2 rings (SSSR count). The molecule has 0 unspecified atom stereocenters. The summed E-state index contributed by atoms with van der Waals surface area (Å²) in [5.74, 6) is 0.217. The maximum absolute atomic E-state index is 11.8. The summed E-state index contributed by atoms with van der Waals surface area (Å²) in [7, 11) is 1.88. The molecular weight excluding hydrogens is 280 g/mol. The molecule has 1 aromatic carbocycles. The van der Waals surface area contributed by atoms with Gasteiger partial charge in [0.05, 0.1) is 6.54 Å².